The van der Waals surface area contributed by atoms with Crippen molar-refractivity contribution in [3.8, 4) is 6.07 Å². The summed E-state index contributed by atoms with van der Waals surface area (Å²) in [5.41, 5.74) is 0. The fraction of sp³-hybridized carbons (Fsp3) is 0.778. The number of hydrogen-bond donors (Lipinski definition) is 1. The minimum Gasteiger partial charge on any atom is -0.355 e. The Balaban J connectivity index is 2.10. The zero-order valence-electron chi connectivity index (χ0n) is 7.58. The molecule has 1 N–H and O–H groups in total. The summed E-state index contributed by atoms with van der Waals surface area (Å²) in [4.78, 5) is 10.9. The first-order valence-corrected chi connectivity index (χ1v) is 5.70. The van der Waals surface area contributed by atoms with Crippen LogP contribution in [0.15, 0.2) is 0 Å². The maximum Gasteiger partial charge on any atom is 0.234 e. The van der Waals surface area contributed by atoms with E-state index >= 15 is 0 Å². The zero-order chi connectivity index (χ0) is 9.52. The van der Waals surface area contributed by atoms with E-state index in [0.717, 1.165) is 12.3 Å². The highest BCUT2D eigenvalue weighted by Gasteiger charge is 2.14. The Labute approximate surface area is 82.9 Å². The largest absolute Gasteiger partial charge is 0.355 e. The molecule has 1 aliphatic rings. The van der Waals surface area contributed by atoms with Gasteiger partial charge in [-0.2, -0.15) is 17.0 Å². The van der Waals surface area contributed by atoms with Gasteiger partial charge in [-0.05, 0) is 30.3 Å². The molecule has 0 radical (unpaired) electrons. The van der Waals surface area contributed by atoms with Gasteiger partial charge in [0.1, 0.15) is 6.42 Å². The molecule has 1 rings (SSSR count). The fourth-order valence-electron chi connectivity index (χ4n) is 1.36. The third kappa shape index (κ3) is 4.18. The predicted molar refractivity (Wildman–Crippen MR) is 53.3 cm³/mol. The SMILES string of the molecule is N#CCC(=O)NCC1CCCSC1. The Morgan fingerprint density at radius 2 is 2.54 bits per heavy atom. The Hall–Kier alpha value is -0.690. The fourth-order valence-corrected chi connectivity index (χ4v) is 2.52. The Kier molecular flexibility index (Phi) is 4.69. The number of nitrogens with zero attached hydrogens (tertiary/aromatic N) is 1. The second-order valence-corrected chi connectivity index (χ2v) is 4.37. The lowest BCUT2D eigenvalue weighted by molar-refractivity contribution is -0.120. The van der Waals surface area contributed by atoms with Gasteiger partial charge < -0.3 is 5.32 Å². The van der Waals surface area contributed by atoms with Crippen molar-refractivity contribution in [3.05, 3.63) is 0 Å². The minimum atomic E-state index is -0.141. The van der Waals surface area contributed by atoms with E-state index in [9.17, 15) is 4.79 Å². The molecular formula is C9H14N2OS. The van der Waals surface area contributed by atoms with Crippen LogP contribution in [0.2, 0.25) is 0 Å². The highest BCUT2D eigenvalue weighted by Crippen LogP contribution is 2.21. The van der Waals surface area contributed by atoms with Gasteiger partial charge in [0.15, 0.2) is 0 Å². The second-order valence-electron chi connectivity index (χ2n) is 3.22. The molecule has 13 heavy (non-hydrogen) atoms. The molecule has 1 heterocycles. The monoisotopic (exact) mass is 198 g/mol. The van der Waals surface area contributed by atoms with Crippen molar-refractivity contribution in [3.63, 3.8) is 0 Å². The number of hydrogen-bond acceptors (Lipinski definition) is 3. The van der Waals surface area contributed by atoms with E-state index in [1.165, 1.54) is 18.6 Å². The number of thioether (sulfide) groups is 1. The first-order valence-electron chi connectivity index (χ1n) is 4.54. The summed E-state index contributed by atoms with van der Waals surface area (Å²) < 4.78 is 0. The zero-order valence-corrected chi connectivity index (χ0v) is 8.40. The van der Waals surface area contributed by atoms with Crippen LogP contribution < -0.4 is 5.32 Å². The summed E-state index contributed by atoms with van der Waals surface area (Å²) in [6.07, 6.45) is 2.45. The van der Waals surface area contributed by atoms with Gasteiger partial charge in [0.05, 0.1) is 6.07 Å². The maximum absolute atomic E-state index is 10.9. The molecular weight excluding hydrogens is 184 g/mol. The molecule has 0 aromatic rings. The average Bonchev–Trinajstić information content (AvgIpc) is 2.17. The Bertz CT molecular complexity index is 206. The summed E-state index contributed by atoms with van der Waals surface area (Å²) >= 11 is 1.95. The van der Waals surface area contributed by atoms with Crippen LogP contribution in [0.25, 0.3) is 0 Å². The first kappa shape index (κ1) is 10.4. The van der Waals surface area contributed by atoms with Crippen LogP contribution >= 0.6 is 11.8 Å². The van der Waals surface area contributed by atoms with E-state index in [1.807, 2.05) is 17.8 Å². The van der Waals surface area contributed by atoms with Crippen molar-refractivity contribution in [1.29, 1.82) is 5.26 Å². The van der Waals surface area contributed by atoms with Gasteiger partial charge in [0.2, 0.25) is 5.91 Å². The lowest BCUT2D eigenvalue weighted by Gasteiger charge is -2.21. The van der Waals surface area contributed by atoms with Crippen LogP contribution in [0.1, 0.15) is 19.3 Å². The number of carbonyl (C=O) groups excluding carboxylic acids is 1. The molecule has 1 atom stereocenters. The second kappa shape index (κ2) is 5.87. The van der Waals surface area contributed by atoms with E-state index in [0.29, 0.717) is 5.92 Å². The normalized spacial score (nSPS) is 21.9. The van der Waals surface area contributed by atoms with Crippen LogP contribution in [-0.4, -0.2) is 24.0 Å². The Morgan fingerprint density at radius 1 is 1.69 bits per heavy atom. The molecule has 1 amide bonds. The molecule has 0 spiro atoms. The van der Waals surface area contributed by atoms with Gasteiger partial charge in [-0.25, -0.2) is 0 Å². The van der Waals surface area contributed by atoms with Crippen LogP contribution in [0.5, 0.6) is 0 Å². The van der Waals surface area contributed by atoms with Gasteiger partial charge >= 0.3 is 0 Å². The summed E-state index contributed by atoms with van der Waals surface area (Å²) in [6.45, 7) is 0.744. The van der Waals surface area contributed by atoms with E-state index in [4.69, 9.17) is 5.26 Å². The third-order valence-electron chi connectivity index (χ3n) is 2.08. The summed E-state index contributed by atoms with van der Waals surface area (Å²) in [5, 5.41) is 11.0. The number of nitriles is 1. The summed E-state index contributed by atoms with van der Waals surface area (Å²) in [5.74, 6) is 2.87. The molecule has 3 nitrogen and oxygen atoms in total. The molecule has 1 saturated heterocycles. The van der Waals surface area contributed by atoms with E-state index in [-0.39, 0.29) is 12.3 Å². The number of rotatable bonds is 3. The van der Waals surface area contributed by atoms with Gasteiger partial charge in [0.25, 0.3) is 0 Å². The van der Waals surface area contributed by atoms with Crippen LogP contribution in [0.3, 0.4) is 0 Å². The molecule has 0 saturated carbocycles. The predicted octanol–water partition coefficient (Wildman–Crippen LogP) is 1.16. The highest BCUT2D eigenvalue weighted by molar-refractivity contribution is 7.99. The smallest absolute Gasteiger partial charge is 0.234 e. The standard InChI is InChI=1S/C9H14N2OS/c10-4-3-9(12)11-6-8-2-1-5-13-7-8/h8H,1-3,5-7H2,(H,11,12). The van der Waals surface area contributed by atoms with E-state index in [2.05, 4.69) is 5.32 Å². The molecule has 0 aliphatic carbocycles. The van der Waals surface area contributed by atoms with Gasteiger partial charge in [-0.3, -0.25) is 4.79 Å². The molecule has 1 unspecified atom stereocenters. The topological polar surface area (TPSA) is 52.9 Å². The highest BCUT2D eigenvalue weighted by atomic mass is 32.2. The van der Waals surface area contributed by atoms with Crippen LogP contribution in [0.4, 0.5) is 0 Å². The van der Waals surface area contributed by atoms with Crippen LogP contribution in [0, 0.1) is 17.2 Å². The minimum absolute atomic E-state index is 0.0140. The van der Waals surface area contributed by atoms with Gasteiger partial charge in [0, 0.05) is 6.54 Å². The lowest BCUT2D eigenvalue weighted by Crippen LogP contribution is -2.31. The van der Waals surface area contributed by atoms with Crippen molar-refractivity contribution < 1.29 is 4.79 Å². The van der Waals surface area contributed by atoms with Crippen molar-refractivity contribution in [1.82, 2.24) is 5.32 Å². The quantitative estimate of drug-likeness (QED) is 0.740. The van der Waals surface area contributed by atoms with Crippen LogP contribution in [-0.2, 0) is 4.79 Å². The first-order chi connectivity index (χ1) is 6.33. The molecule has 0 aromatic heterocycles. The molecule has 4 heteroatoms. The number of carbonyl (C=O) groups is 1. The molecule has 0 bridgehead atoms. The lowest BCUT2D eigenvalue weighted by atomic mass is 10.1. The average molecular weight is 198 g/mol. The molecule has 1 fully saturated rings. The molecule has 0 aromatic carbocycles. The van der Waals surface area contributed by atoms with Crippen molar-refractivity contribution >= 4 is 17.7 Å². The van der Waals surface area contributed by atoms with Crippen molar-refractivity contribution in [2.45, 2.75) is 19.3 Å². The number of amides is 1. The molecule has 1 aliphatic heterocycles. The maximum atomic E-state index is 10.9. The third-order valence-corrected chi connectivity index (χ3v) is 3.37. The van der Waals surface area contributed by atoms with Crippen molar-refractivity contribution in [2.75, 3.05) is 18.1 Å². The van der Waals surface area contributed by atoms with Gasteiger partial charge in [-0.15, -0.1) is 0 Å². The van der Waals surface area contributed by atoms with E-state index < -0.39 is 0 Å². The summed E-state index contributed by atoms with van der Waals surface area (Å²) in [6, 6.07) is 1.84. The van der Waals surface area contributed by atoms with E-state index in [1.54, 1.807) is 0 Å². The number of nitrogens with one attached hydrogen (secondary N) is 1. The molecule has 72 valence electrons. The summed E-state index contributed by atoms with van der Waals surface area (Å²) in [7, 11) is 0. The Morgan fingerprint density at radius 3 is 3.15 bits per heavy atom. The van der Waals surface area contributed by atoms with Gasteiger partial charge in [-0.1, -0.05) is 0 Å². The van der Waals surface area contributed by atoms with Crippen molar-refractivity contribution in [2.24, 2.45) is 5.92 Å².